The Balaban J connectivity index is 1.45. The predicted octanol–water partition coefficient (Wildman–Crippen LogP) is 1.58. The Morgan fingerprint density at radius 3 is 2.38 bits per heavy atom. The van der Waals surface area contributed by atoms with Gasteiger partial charge in [-0.15, -0.1) is 0 Å². The van der Waals surface area contributed by atoms with Crippen LogP contribution in [0.1, 0.15) is 51.4 Å². The molecule has 3 nitrogen and oxygen atoms in total. The summed E-state index contributed by atoms with van der Waals surface area (Å²) in [6, 6.07) is 1.80. The molecule has 1 amide bonds. The van der Waals surface area contributed by atoms with Crippen molar-refractivity contribution in [3.8, 4) is 0 Å². The highest BCUT2D eigenvalue weighted by Crippen LogP contribution is 2.30. The summed E-state index contributed by atoms with van der Waals surface area (Å²) in [5.74, 6) is 0.995. The number of amides is 1. The van der Waals surface area contributed by atoms with Crippen LogP contribution in [0.4, 0.5) is 0 Å². The van der Waals surface area contributed by atoms with Gasteiger partial charge in [-0.05, 0) is 44.4 Å². The number of hydrogen-bond acceptors (Lipinski definition) is 2. The molecule has 0 radical (unpaired) electrons. The zero-order valence-electron chi connectivity index (χ0n) is 9.87. The van der Waals surface area contributed by atoms with Crippen LogP contribution in [0.5, 0.6) is 0 Å². The summed E-state index contributed by atoms with van der Waals surface area (Å²) in [7, 11) is 0. The van der Waals surface area contributed by atoms with E-state index in [2.05, 4.69) is 10.6 Å². The van der Waals surface area contributed by atoms with Crippen LogP contribution in [-0.4, -0.2) is 24.0 Å². The summed E-state index contributed by atoms with van der Waals surface area (Å²) in [6.45, 7) is 0. The van der Waals surface area contributed by atoms with E-state index < -0.39 is 0 Å². The SMILES string of the molecule is O=C(CC1CCC1)NC1CC2CCC(C1)N2. The van der Waals surface area contributed by atoms with Crippen LogP contribution in [0.2, 0.25) is 0 Å². The average Bonchev–Trinajstić information content (AvgIpc) is 2.52. The Bertz CT molecular complexity index is 263. The van der Waals surface area contributed by atoms with Gasteiger partial charge in [-0.25, -0.2) is 0 Å². The third kappa shape index (κ3) is 2.24. The van der Waals surface area contributed by atoms with Gasteiger partial charge in [-0.2, -0.15) is 0 Å². The molecule has 2 N–H and O–H groups in total. The second-order valence-electron chi connectivity index (χ2n) is 5.87. The Morgan fingerprint density at radius 1 is 1.12 bits per heavy atom. The first-order chi connectivity index (χ1) is 7.79. The van der Waals surface area contributed by atoms with Gasteiger partial charge in [0, 0.05) is 24.5 Å². The van der Waals surface area contributed by atoms with Crippen molar-refractivity contribution in [2.45, 2.75) is 69.5 Å². The Labute approximate surface area is 97.4 Å². The molecule has 3 heteroatoms. The molecular weight excluding hydrogens is 200 g/mol. The smallest absolute Gasteiger partial charge is 0.220 e. The first kappa shape index (κ1) is 10.6. The molecule has 0 aromatic carbocycles. The summed E-state index contributed by atoms with van der Waals surface area (Å²) in [6.07, 6.45) is 9.55. The highest BCUT2D eigenvalue weighted by molar-refractivity contribution is 5.76. The van der Waals surface area contributed by atoms with Crippen molar-refractivity contribution in [3.05, 3.63) is 0 Å². The lowest BCUT2D eigenvalue weighted by atomic mass is 9.82. The molecule has 0 aromatic rings. The number of carbonyl (C=O) groups excluding carboxylic acids is 1. The number of carbonyl (C=O) groups is 1. The molecule has 3 rings (SSSR count). The Morgan fingerprint density at radius 2 is 1.81 bits per heavy atom. The molecule has 2 bridgehead atoms. The summed E-state index contributed by atoms with van der Waals surface area (Å²) < 4.78 is 0. The van der Waals surface area contributed by atoms with Crippen LogP contribution in [0.25, 0.3) is 0 Å². The van der Waals surface area contributed by atoms with Gasteiger partial charge in [0.05, 0.1) is 0 Å². The monoisotopic (exact) mass is 222 g/mol. The van der Waals surface area contributed by atoms with Gasteiger partial charge in [0.2, 0.25) is 5.91 Å². The van der Waals surface area contributed by atoms with E-state index in [1.807, 2.05) is 0 Å². The number of fused-ring (bicyclic) bond motifs is 2. The Kier molecular flexibility index (Phi) is 2.88. The van der Waals surface area contributed by atoms with Gasteiger partial charge in [-0.1, -0.05) is 6.42 Å². The molecule has 0 spiro atoms. The quantitative estimate of drug-likeness (QED) is 0.761. The van der Waals surface area contributed by atoms with E-state index in [4.69, 9.17) is 0 Å². The van der Waals surface area contributed by atoms with Crippen molar-refractivity contribution in [2.24, 2.45) is 5.92 Å². The minimum absolute atomic E-state index is 0.302. The van der Waals surface area contributed by atoms with Gasteiger partial charge < -0.3 is 10.6 Å². The summed E-state index contributed by atoms with van der Waals surface area (Å²) >= 11 is 0. The highest BCUT2D eigenvalue weighted by Gasteiger charge is 2.34. The zero-order valence-corrected chi connectivity index (χ0v) is 9.87. The topological polar surface area (TPSA) is 41.1 Å². The maximum absolute atomic E-state index is 11.8. The maximum Gasteiger partial charge on any atom is 0.220 e. The largest absolute Gasteiger partial charge is 0.353 e. The van der Waals surface area contributed by atoms with Crippen molar-refractivity contribution < 1.29 is 4.79 Å². The molecule has 0 aromatic heterocycles. The molecule has 1 saturated carbocycles. The van der Waals surface area contributed by atoms with E-state index in [-0.39, 0.29) is 0 Å². The van der Waals surface area contributed by atoms with Gasteiger partial charge in [-0.3, -0.25) is 4.79 Å². The molecular formula is C13H22N2O. The maximum atomic E-state index is 11.8. The van der Waals surface area contributed by atoms with E-state index in [0.717, 1.165) is 19.3 Å². The van der Waals surface area contributed by atoms with E-state index in [9.17, 15) is 4.79 Å². The third-order valence-corrected chi connectivity index (χ3v) is 4.54. The van der Waals surface area contributed by atoms with Crippen LogP contribution in [0.15, 0.2) is 0 Å². The highest BCUT2D eigenvalue weighted by atomic mass is 16.1. The fourth-order valence-corrected chi connectivity index (χ4v) is 3.42. The van der Waals surface area contributed by atoms with Crippen molar-refractivity contribution in [1.82, 2.24) is 10.6 Å². The van der Waals surface area contributed by atoms with E-state index >= 15 is 0 Å². The van der Waals surface area contributed by atoms with Gasteiger partial charge in [0.25, 0.3) is 0 Å². The van der Waals surface area contributed by atoms with Gasteiger partial charge in [0.1, 0.15) is 0 Å². The fraction of sp³-hybridized carbons (Fsp3) is 0.923. The second-order valence-corrected chi connectivity index (χ2v) is 5.87. The normalized spacial score (nSPS) is 38.1. The van der Waals surface area contributed by atoms with Crippen molar-refractivity contribution in [1.29, 1.82) is 0 Å². The number of piperidine rings is 1. The van der Waals surface area contributed by atoms with E-state index in [0.29, 0.717) is 30.0 Å². The molecule has 3 fully saturated rings. The van der Waals surface area contributed by atoms with Gasteiger partial charge >= 0.3 is 0 Å². The van der Waals surface area contributed by atoms with E-state index in [1.54, 1.807) is 0 Å². The standard InChI is InChI=1S/C13H22N2O/c16-13(6-9-2-1-3-9)15-12-7-10-4-5-11(8-12)14-10/h9-12,14H,1-8H2,(H,15,16). The molecule has 2 saturated heterocycles. The van der Waals surface area contributed by atoms with Crippen LogP contribution in [0, 0.1) is 5.92 Å². The van der Waals surface area contributed by atoms with Crippen LogP contribution in [-0.2, 0) is 4.79 Å². The lowest BCUT2D eigenvalue weighted by Gasteiger charge is -2.31. The minimum Gasteiger partial charge on any atom is -0.353 e. The summed E-state index contributed by atoms with van der Waals surface area (Å²) in [4.78, 5) is 11.8. The molecule has 2 aliphatic heterocycles. The minimum atomic E-state index is 0.302. The first-order valence-corrected chi connectivity index (χ1v) is 6.85. The van der Waals surface area contributed by atoms with Crippen LogP contribution >= 0.6 is 0 Å². The summed E-state index contributed by atoms with van der Waals surface area (Å²) in [5.41, 5.74) is 0. The van der Waals surface area contributed by atoms with Crippen LogP contribution in [0.3, 0.4) is 0 Å². The molecule has 16 heavy (non-hydrogen) atoms. The number of rotatable bonds is 3. The Hall–Kier alpha value is -0.570. The average molecular weight is 222 g/mol. The van der Waals surface area contributed by atoms with E-state index in [1.165, 1.54) is 32.1 Å². The molecule has 1 aliphatic carbocycles. The first-order valence-electron chi connectivity index (χ1n) is 6.85. The number of hydrogen-bond donors (Lipinski definition) is 2. The lowest BCUT2D eigenvalue weighted by Crippen LogP contribution is -2.48. The third-order valence-electron chi connectivity index (χ3n) is 4.54. The van der Waals surface area contributed by atoms with Crippen molar-refractivity contribution >= 4 is 5.91 Å². The van der Waals surface area contributed by atoms with Crippen molar-refractivity contribution in [2.75, 3.05) is 0 Å². The predicted molar refractivity (Wildman–Crippen MR) is 63.1 cm³/mol. The summed E-state index contributed by atoms with van der Waals surface area (Å²) in [5, 5.41) is 6.85. The molecule has 90 valence electrons. The molecule has 2 atom stereocenters. The fourth-order valence-electron chi connectivity index (χ4n) is 3.42. The van der Waals surface area contributed by atoms with Gasteiger partial charge in [0.15, 0.2) is 0 Å². The lowest BCUT2D eigenvalue weighted by molar-refractivity contribution is -0.123. The molecule has 2 heterocycles. The number of nitrogens with one attached hydrogen (secondary N) is 2. The van der Waals surface area contributed by atoms with Crippen LogP contribution < -0.4 is 10.6 Å². The second kappa shape index (κ2) is 4.36. The molecule has 2 unspecified atom stereocenters. The molecule has 3 aliphatic rings. The zero-order chi connectivity index (χ0) is 11.0. The van der Waals surface area contributed by atoms with Crippen molar-refractivity contribution in [3.63, 3.8) is 0 Å².